The van der Waals surface area contributed by atoms with E-state index in [4.69, 9.17) is 5.73 Å². The highest BCUT2D eigenvalue weighted by molar-refractivity contribution is 7.10. The van der Waals surface area contributed by atoms with Crippen molar-refractivity contribution in [3.05, 3.63) is 40.2 Å². The van der Waals surface area contributed by atoms with Crippen LogP contribution < -0.4 is 10.6 Å². The Morgan fingerprint density at radius 1 is 1.58 bits per heavy atom. The number of nitrogens with zero attached hydrogens (tertiary/aromatic N) is 2. The van der Waals surface area contributed by atoms with E-state index in [1.165, 1.54) is 12.3 Å². The topological polar surface area (TPSA) is 79.5 Å². The van der Waals surface area contributed by atoms with Gasteiger partial charge in [0.1, 0.15) is 11.4 Å². The molecule has 0 saturated carbocycles. The fraction of sp³-hybridized carbons (Fsp3) is 0.231. The minimum absolute atomic E-state index is 0.0502. The van der Waals surface area contributed by atoms with Crippen LogP contribution in [0.1, 0.15) is 28.2 Å². The highest BCUT2D eigenvalue weighted by Gasteiger charge is 2.20. The summed E-state index contributed by atoms with van der Waals surface area (Å²) in [5.74, 6) is -0.609. The molecule has 100 valence electrons. The number of carboxylic acid groups (broad SMARTS) is 1. The van der Waals surface area contributed by atoms with Crippen molar-refractivity contribution < 1.29 is 9.90 Å². The van der Waals surface area contributed by atoms with E-state index in [2.05, 4.69) is 4.98 Å². The fourth-order valence-corrected chi connectivity index (χ4v) is 2.64. The Morgan fingerprint density at radius 2 is 2.32 bits per heavy atom. The molecule has 1 unspecified atom stereocenters. The van der Waals surface area contributed by atoms with Gasteiger partial charge in [-0.3, -0.25) is 0 Å². The van der Waals surface area contributed by atoms with Gasteiger partial charge in [0, 0.05) is 11.9 Å². The molecule has 0 amide bonds. The second-order valence-corrected chi connectivity index (χ2v) is 5.23. The molecule has 0 bridgehead atoms. The Bertz CT molecular complexity index is 584. The summed E-state index contributed by atoms with van der Waals surface area (Å²) in [5.41, 5.74) is 6.06. The van der Waals surface area contributed by atoms with Crippen LogP contribution in [0.25, 0.3) is 0 Å². The van der Waals surface area contributed by atoms with Crippen molar-refractivity contribution in [2.75, 3.05) is 17.7 Å². The predicted molar refractivity (Wildman–Crippen MR) is 76.7 cm³/mol. The smallest absolute Gasteiger partial charge is 0.339 e. The summed E-state index contributed by atoms with van der Waals surface area (Å²) in [6, 6.07) is 5.47. The molecule has 6 heteroatoms. The molecule has 19 heavy (non-hydrogen) atoms. The number of nitrogens with two attached hydrogens (primary N) is 1. The maximum atomic E-state index is 11.3. The van der Waals surface area contributed by atoms with Crippen molar-refractivity contribution in [3.63, 3.8) is 0 Å². The molecule has 0 aliphatic heterocycles. The number of rotatable bonds is 4. The molecule has 0 fully saturated rings. The lowest BCUT2D eigenvalue weighted by atomic mass is 10.2. The van der Waals surface area contributed by atoms with Crippen LogP contribution >= 0.6 is 11.3 Å². The van der Waals surface area contributed by atoms with Crippen LogP contribution in [0, 0.1) is 0 Å². The average molecular weight is 277 g/mol. The van der Waals surface area contributed by atoms with Crippen LogP contribution in [-0.4, -0.2) is 23.1 Å². The molecule has 5 nitrogen and oxygen atoms in total. The van der Waals surface area contributed by atoms with Crippen molar-refractivity contribution in [1.29, 1.82) is 0 Å². The normalized spacial score (nSPS) is 12.1. The number of nitrogen functional groups attached to an aromatic ring is 1. The quantitative estimate of drug-likeness (QED) is 0.898. The number of anilines is 2. The van der Waals surface area contributed by atoms with Crippen molar-refractivity contribution in [3.8, 4) is 0 Å². The first-order valence-electron chi connectivity index (χ1n) is 5.75. The molecule has 0 radical (unpaired) electrons. The number of aromatic carboxylic acids is 1. The van der Waals surface area contributed by atoms with Crippen molar-refractivity contribution in [1.82, 2.24) is 4.98 Å². The van der Waals surface area contributed by atoms with Crippen molar-refractivity contribution in [2.24, 2.45) is 0 Å². The monoisotopic (exact) mass is 277 g/mol. The van der Waals surface area contributed by atoms with Crippen molar-refractivity contribution >= 4 is 28.8 Å². The van der Waals surface area contributed by atoms with Crippen LogP contribution in [0.15, 0.2) is 29.8 Å². The lowest BCUT2D eigenvalue weighted by Gasteiger charge is -2.26. The van der Waals surface area contributed by atoms with Gasteiger partial charge in [0.25, 0.3) is 0 Å². The number of hydrogen-bond acceptors (Lipinski definition) is 5. The number of pyridine rings is 1. The van der Waals surface area contributed by atoms with E-state index in [9.17, 15) is 9.90 Å². The average Bonchev–Trinajstić information content (AvgIpc) is 2.90. The third-order valence-corrected chi connectivity index (χ3v) is 4.03. The Kier molecular flexibility index (Phi) is 3.71. The van der Waals surface area contributed by atoms with Gasteiger partial charge in [-0.1, -0.05) is 6.07 Å². The second-order valence-electron chi connectivity index (χ2n) is 4.25. The largest absolute Gasteiger partial charge is 0.478 e. The summed E-state index contributed by atoms with van der Waals surface area (Å²) in [7, 11) is 1.83. The van der Waals surface area contributed by atoms with Crippen LogP contribution in [0.3, 0.4) is 0 Å². The molecule has 0 aliphatic rings. The van der Waals surface area contributed by atoms with E-state index in [0.717, 1.165) is 4.88 Å². The Hall–Kier alpha value is -2.08. The molecular formula is C13H15N3O2S. The summed E-state index contributed by atoms with van der Waals surface area (Å²) in [6.45, 7) is 2.01. The minimum atomic E-state index is -1.03. The molecular weight excluding hydrogens is 262 g/mol. The zero-order chi connectivity index (χ0) is 14.0. The van der Waals surface area contributed by atoms with E-state index in [-0.39, 0.29) is 11.6 Å². The van der Waals surface area contributed by atoms with Gasteiger partial charge in [0.15, 0.2) is 0 Å². The van der Waals surface area contributed by atoms with Gasteiger partial charge in [-0.15, -0.1) is 11.3 Å². The zero-order valence-electron chi connectivity index (χ0n) is 10.7. The van der Waals surface area contributed by atoms with E-state index in [1.54, 1.807) is 11.3 Å². The lowest BCUT2D eigenvalue weighted by Crippen LogP contribution is -2.24. The van der Waals surface area contributed by atoms with Crippen LogP contribution in [0.5, 0.6) is 0 Å². The Morgan fingerprint density at radius 3 is 2.89 bits per heavy atom. The third-order valence-electron chi connectivity index (χ3n) is 2.99. The fourth-order valence-electron chi connectivity index (χ4n) is 1.82. The number of carboxylic acids is 1. The standard InChI is InChI=1S/C13H15N3O2S/c1-8(11-4-3-5-19-11)16(2)12-10(13(17)18)6-9(14)7-15-12/h3-8H,14H2,1-2H3,(H,17,18). The maximum absolute atomic E-state index is 11.3. The molecule has 1 atom stereocenters. The summed E-state index contributed by atoms with van der Waals surface area (Å²) in [6.07, 6.45) is 1.47. The maximum Gasteiger partial charge on any atom is 0.339 e. The third kappa shape index (κ3) is 2.68. The molecule has 0 aromatic carbocycles. The predicted octanol–water partition coefficient (Wildman–Crippen LogP) is 2.62. The molecule has 0 saturated heterocycles. The highest BCUT2D eigenvalue weighted by atomic mass is 32.1. The summed E-state index contributed by atoms with van der Waals surface area (Å²) < 4.78 is 0. The van der Waals surface area contributed by atoms with E-state index >= 15 is 0 Å². The molecule has 2 heterocycles. The van der Waals surface area contributed by atoms with E-state index in [1.807, 2.05) is 36.4 Å². The summed E-state index contributed by atoms with van der Waals surface area (Å²) in [4.78, 5) is 18.4. The van der Waals surface area contributed by atoms with Gasteiger partial charge in [-0.2, -0.15) is 0 Å². The van der Waals surface area contributed by atoms with Gasteiger partial charge in [-0.25, -0.2) is 9.78 Å². The summed E-state index contributed by atoms with van der Waals surface area (Å²) in [5, 5.41) is 11.2. The van der Waals surface area contributed by atoms with Gasteiger partial charge in [-0.05, 0) is 24.4 Å². The highest BCUT2D eigenvalue weighted by Crippen LogP contribution is 2.29. The van der Waals surface area contributed by atoms with Crippen LogP contribution in [0.4, 0.5) is 11.5 Å². The number of hydrogen-bond donors (Lipinski definition) is 2. The van der Waals surface area contributed by atoms with Gasteiger partial charge in [0.2, 0.25) is 0 Å². The lowest BCUT2D eigenvalue weighted by molar-refractivity contribution is 0.0697. The van der Waals surface area contributed by atoms with Crippen LogP contribution in [0.2, 0.25) is 0 Å². The molecule has 0 aliphatic carbocycles. The van der Waals surface area contributed by atoms with E-state index in [0.29, 0.717) is 11.5 Å². The van der Waals surface area contributed by atoms with Crippen molar-refractivity contribution in [2.45, 2.75) is 13.0 Å². The zero-order valence-corrected chi connectivity index (χ0v) is 11.5. The van der Waals surface area contributed by atoms with Crippen LogP contribution in [-0.2, 0) is 0 Å². The molecule has 0 spiro atoms. The number of aromatic nitrogens is 1. The van der Waals surface area contributed by atoms with Gasteiger partial charge >= 0.3 is 5.97 Å². The first kappa shape index (κ1) is 13.4. The molecule has 3 N–H and O–H groups in total. The van der Waals surface area contributed by atoms with Gasteiger partial charge in [0.05, 0.1) is 17.9 Å². The Labute approximate surface area is 115 Å². The number of carbonyl (C=O) groups is 1. The first-order chi connectivity index (χ1) is 9.00. The number of thiophene rings is 1. The molecule has 2 aromatic rings. The summed E-state index contributed by atoms with van der Waals surface area (Å²) >= 11 is 1.63. The second kappa shape index (κ2) is 5.27. The van der Waals surface area contributed by atoms with E-state index < -0.39 is 5.97 Å². The first-order valence-corrected chi connectivity index (χ1v) is 6.63. The van der Waals surface area contributed by atoms with Gasteiger partial charge < -0.3 is 15.7 Å². The SMILES string of the molecule is CC(c1cccs1)N(C)c1ncc(N)cc1C(=O)O. The molecule has 2 aromatic heterocycles. The Balaban J connectivity index is 2.38. The minimum Gasteiger partial charge on any atom is -0.478 e. The molecule has 2 rings (SSSR count).